The van der Waals surface area contributed by atoms with Crippen molar-refractivity contribution in [2.45, 2.75) is 44.7 Å². The van der Waals surface area contributed by atoms with Gasteiger partial charge in [0.15, 0.2) is 0 Å². The average molecular weight is 377 g/mol. The van der Waals surface area contributed by atoms with Crippen LogP contribution in [-0.4, -0.2) is 37.1 Å². The Balaban J connectivity index is 1.49. The van der Waals surface area contributed by atoms with Crippen molar-refractivity contribution in [2.75, 3.05) is 13.1 Å². The zero-order valence-corrected chi connectivity index (χ0v) is 16.4. The number of benzene rings is 1. The highest BCUT2D eigenvalue weighted by molar-refractivity contribution is 5.77. The lowest BCUT2D eigenvalue weighted by Crippen LogP contribution is -2.33. The molecular weight excluding hydrogens is 350 g/mol. The van der Waals surface area contributed by atoms with E-state index in [0.29, 0.717) is 5.92 Å². The van der Waals surface area contributed by atoms with Gasteiger partial charge < -0.3 is 4.57 Å². The summed E-state index contributed by atoms with van der Waals surface area (Å²) < 4.78 is 4.08. The van der Waals surface area contributed by atoms with Gasteiger partial charge in [0.2, 0.25) is 0 Å². The van der Waals surface area contributed by atoms with Gasteiger partial charge in [0.1, 0.15) is 5.82 Å². The fourth-order valence-electron chi connectivity index (χ4n) is 4.44. The third kappa shape index (κ3) is 3.26. The quantitative estimate of drug-likeness (QED) is 0.663. The Labute approximate surface area is 164 Å². The number of hydrogen-bond acceptors (Lipinski definition) is 4. The minimum Gasteiger partial charge on any atom is -0.338 e. The Morgan fingerprint density at radius 2 is 2.04 bits per heavy atom. The van der Waals surface area contributed by atoms with Crippen LogP contribution in [0.3, 0.4) is 0 Å². The van der Waals surface area contributed by atoms with Crippen LogP contribution >= 0.6 is 0 Å². The van der Waals surface area contributed by atoms with Crippen LogP contribution in [0.2, 0.25) is 0 Å². The van der Waals surface area contributed by atoms with E-state index in [2.05, 4.69) is 14.5 Å². The molecule has 0 N–H and O–H groups in total. The molecule has 6 nitrogen and oxygen atoms in total. The standard InChI is InChI=1S/C22H27N5O/c1-25-15-23-13-17(25)10-12-26-11-4-7-20(26)21-24-19-6-3-2-5-18(19)22(28)27(21)14-16-8-9-16/h2-3,5-6,13,15-16,20H,4,7-12,14H2,1H3. The summed E-state index contributed by atoms with van der Waals surface area (Å²) in [6, 6.07) is 8.01. The third-order valence-corrected chi connectivity index (χ3v) is 6.26. The average Bonchev–Trinajstić information content (AvgIpc) is 3.24. The van der Waals surface area contributed by atoms with Gasteiger partial charge in [-0.1, -0.05) is 12.1 Å². The van der Waals surface area contributed by atoms with Crippen LogP contribution < -0.4 is 5.56 Å². The van der Waals surface area contributed by atoms with Crippen LogP contribution in [0.15, 0.2) is 41.6 Å². The highest BCUT2D eigenvalue weighted by Crippen LogP contribution is 2.34. The van der Waals surface area contributed by atoms with Crippen LogP contribution in [0.1, 0.15) is 43.2 Å². The maximum absolute atomic E-state index is 13.3. The molecule has 0 radical (unpaired) electrons. The van der Waals surface area contributed by atoms with Crippen LogP contribution in [0, 0.1) is 5.92 Å². The molecule has 1 saturated carbocycles. The van der Waals surface area contributed by atoms with Gasteiger partial charge in [-0.2, -0.15) is 0 Å². The molecule has 2 aliphatic rings. The van der Waals surface area contributed by atoms with Crippen molar-refractivity contribution >= 4 is 10.9 Å². The van der Waals surface area contributed by atoms with Crippen LogP contribution in [0.4, 0.5) is 0 Å². The van der Waals surface area contributed by atoms with Crippen LogP contribution in [0.5, 0.6) is 0 Å². The highest BCUT2D eigenvalue weighted by Gasteiger charge is 2.32. The predicted molar refractivity (Wildman–Crippen MR) is 109 cm³/mol. The summed E-state index contributed by atoms with van der Waals surface area (Å²) in [4.78, 5) is 25.0. The van der Waals surface area contributed by atoms with Gasteiger partial charge in [0.25, 0.3) is 5.56 Å². The number of likely N-dealkylation sites (tertiary alicyclic amines) is 1. The number of fused-ring (bicyclic) bond motifs is 1. The fourth-order valence-corrected chi connectivity index (χ4v) is 4.44. The topological polar surface area (TPSA) is 56.0 Å². The molecule has 28 heavy (non-hydrogen) atoms. The van der Waals surface area contributed by atoms with E-state index in [1.165, 1.54) is 18.5 Å². The second-order valence-electron chi connectivity index (χ2n) is 8.29. The lowest BCUT2D eigenvalue weighted by atomic mass is 10.1. The van der Waals surface area contributed by atoms with Crippen molar-refractivity contribution < 1.29 is 0 Å². The Kier molecular flexibility index (Phi) is 4.51. The van der Waals surface area contributed by atoms with E-state index >= 15 is 0 Å². The number of aryl methyl sites for hydroxylation is 1. The van der Waals surface area contributed by atoms with E-state index < -0.39 is 0 Å². The van der Waals surface area contributed by atoms with E-state index in [9.17, 15) is 4.79 Å². The summed E-state index contributed by atoms with van der Waals surface area (Å²) in [5, 5.41) is 0.742. The summed E-state index contributed by atoms with van der Waals surface area (Å²) in [7, 11) is 2.04. The summed E-state index contributed by atoms with van der Waals surface area (Å²) in [5.41, 5.74) is 2.20. The van der Waals surface area contributed by atoms with Gasteiger partial charge in [-0.3, -0.25) is 14.3 Å². The van der Waals surface area contributed by atoms with Gasteiger partial charge in [0, 0.05) is 38.4 Å². The van der Waals surface area contributed by atoms with Gasteiger partial charge in [0.05, 0.1) is 23.3 Å². The third-order valence-electron chi connectivity index (χ3n) is 6.26. The summed E-state index contributed by atoms with van der Waals surface area (Å²) in [5.74, 6) is 1.61. The molecule has 2 fully saturated rings. The van der Waals surface area contributed by atoms with E-state index in [0.717, 1.165) is 55.6 Å². The summed E-state index contributed by atoms with van der Waals surface area (Å²) in [6.07, 6.45) is 9.45. The molecule has 2 aromatic heterocycles. The van der Waals surface area contributed by atoms with Crippen molar-refractivity contribution in [3.8, 4) is 0 Å². The maximum atomic E-state index is 13.3. The monoisotopic (exact) mass is 377 g/mol. The van der Waals surface area contributed by atoms with E-state index in [-0.39, 0.29) is 11.6 Å². The fraction of sp³-hybridized carbons (Fsp3) is 0.500. The molecule has 0 bridgehead atoms. The molecule has 3 aromatic rings. The van der Waals surface area contributed by atoms with Crippen molar-refractivity contribution in [3.63, 3.8) is 0 Å². The molecule has 1 aliphatic heterocycles. The summed E-state index contributed by atoms with van der Waals surface area (Å²) >= 11 is 0. The molecule has 1 aliphatic carbocycles. The lowest BCUT2D eigenvalue weighted by Gasteiger charge is -2.26. The van der Waals surface area contributed by atoms with Crippen molar-refractivity contribution in [1.82, 2.24) is 24.0 Å². The molecule has 0 amide bonds. The Morgan fingerprint density at radius 1 is 1.18 bits per heavy atom. The Hall–Kier alpha value is -2.47. The first-order chi connectivity index (χ1) is 13.7. The van der Waals surface area contributed by atoms with Crippen LogP contribution in [-0.2, 0) is 20.0 Å². The zero-order valence-electron chi connectivity index (χ0n) is 16.4. The maximum Gasteiger partial charge on any atom is 0.261 e. The number of para-hydroxylation sites is 1. The summed E-state index contributed by atoms with van der Waals surface area (Å²) in [6.45, 7) is 2.85. The normalized spacial score (nSPS) is 20.2. The molecule has 1 unspecified atom stereocenters. The SMILES string of the molecule is Cn1cncc1CCN1CCCC1c1nc2ccccc2c(=O)n1CC1CC1. The van der Waals surface area contributed by atoms with E-state index in [4.69, 9.17) is 4.98 Å². The first kappa shape index (κ1) is 17.6. The molecule has 0 spiro atoms. The molecular formula is C22H27N5O. The van der Waals surface area contributed by atoms with Crippen molar-refractivity contribution in [3.05, 3.63) is 58.7 Å². The molecule has 5 rings (SSSR count). The van der Waals surface area contributed by atoms with Crippen molar-refractivity contribution in [1.29, 1.82) is 0 Å². The molecule has 1 saturated heterocycles. The number of aromatic nitrogens is 4. The highest BCUT2D eigenvalue weighted by atomic mass is 16.1. The molecule has 1 atom stereocenters. The largest absolute Gasteiger partial charge is 0.338 e. The Bertz CT molecular complexity index is 1050. The number of nitrogens with zero attached hydrogens (tertiary/aromatic N) is 5. The van der Waals surface area contributed by atoms with Gasteiger partial charge in [-0.05, 0) is 50.3 Å². The van der Waals surface area contributed by atoms with E-state index in [1.807, 2.05) is 48.4 Å². The number of rotatable bonds is 6. The molecule has 146 valence electrons. The molecule has 6 heteroatoms. The molecule has 3 heterocycles. The Morgan fingerprint density at radius 3 is 2.82 bits per heavy atom. The minimum absolute atomic E-state index is 0.131. The van der Waals surface area contributed by atoms with Crippen molar-refractivity contribution in [2.24, 2.45) is 13.0 Å². The molecule has 1 aromatic carbocycles. The van der Waals surface area contributed by atoms with Gasteiger partial charge in [-0.25, -0.2) is 9.97 Å². The van der Waals surface area contributed by atoms with E-state index in [1.54, 1.807) is 0 Å². The lowest BCUT2D eigenvalue weighted by molar-refractivity contribution is 0.242. The van der Waals surface area contributed by atoms with Crippen LogP contribution in [0.25, 0.3) is 10.9 Å². The minimum atomic E-state index is 0.131. The zero-order chi connectivity index (χ0) is 19.1. The second kappa shape index (κ2) is 7.17. The second-order valence-corrected chi connectivity index (χ2v) is 8.29. The predicted octanol–water partition coefficient (Wildman–Crippen LogP) is 2.92. The van der Waals surface area contributed by atoms with Gasteiger partial charge >= 0.3 is 0 Å². The smallest absolute Gasteiger partial charge is 0.261 e. The number of hydrogen-bond donors (Lipinski definition) is 0. The first-order valence-corrected chi connectivity index (χ1v) is 10.4. The van der Waals surface area contributed by atoms with Gasteiger partial charge in [-0.15, -0.1) is 0 Å². The number of imidazole rings is 1. The first-order valence-electron chi connectivity index (χ1n) is 10.4.